The van der Waals surface area contributed by atoms with Crippen molar-refractivity contribution in [2.75, 3.05) is 12.3 Å². The van der Waals surface area contributed by atoms with E-state index in [0.717, 1.165) is 6.42 Å². The van der Waals surface area contributed by atoms with E-state index in [4.69, 9.17) is 5.73 Å². The highest BCUT2D eigenvalue weighted by atomic mass is 16.2. The van der Waals surface area contributed by atoms with E-state index in [-0.39, 0.29) is 17.4 Å². The molecule has 0 saturated heterocycles. The van der Waals surface area contributed by atoms with Gasteiger partial charge in [0, 0.05) is 6.54 Å². The van der Waals surface area contributed by atoms with E-state index in [1.54, 1.807) is 6.92 Å². The van der Waals surface area contributed by atoms with Gasteiger partial charge in [0.1, 0.15) is 11.9 Å². The first-order chi connectivity index (χ1) is 8.54. The molecule has 1 atom stereocenters. The van der Waals surface area contributed by atoms with Crippen molar-refractivity contribution in [3.63, 3.8) is 0 Å². The smallest absolute Gasteiger partial charge is 0.272 e. The van der Waals surface area contributed by atoms with Crippen LogP contribution in [0.25, 0.3) is 0 Å². The van der Waals surface area contributed by atoms with Gasteiger partial charge in [-0.2, -0.15) is 0 Å². The van der Waals surface area contributed by atoms with Crippen molar-refractivity contribution in [1.82, 2.24) is 20.8 Å². The fourth-order valence-corrected chi connectivity index (χ4v) is 1.20. The highest BCUT2D eigenvalue weighted by molar-refractivity contribution is 5.95. The number of carbonyl (C=O) groups is 2. The zero-order valence-corrected chi connectivity index (χ0v) is 10.4. The summed E-state index contributed by atoms with van der Waals surface area (Å²) < 4.78 is 0. The van der Waals surface area contributed by atoms with E-state index in [1.807, 2.05) is 6.92 Å². The zero-order chi connectivity index (χ0) is 13.5. The van der Waals surface area contributed by atoms with Gasteiger partial charge in [0.25, 0.3) is 5.91 Å². The Morgan fingerprint density at radius 1 is 1.39 bits per heavy atom. The van der Waals surface area contributed by atoms with Crippen LogP contribution in [0.15, 0.2) is 12.1 Å². The van der Waals surface area contributed by atoms with Gasteiger partial charge < -0.3 is 16.4 Å². The van der Waals surface area contributed by atoms with Crippen molar-refractivity contribution >= 4 is 17.6 Å². The number of nitrogens with one attached hydrogen (secondary N) is 2. The molecule has 18 heavy (non-hydrogen) atoms. The van der Waals surface area contributed by atoms with Crippen molar-refractivity contribution in [2.45, 2.75) is 26.3 Å². The average molecular weight is 251 g/mol. The molecular formula is C11H17N5O2. The first-order valence-electron chi connectivity index (χ1n) is 5.72. The van der Waals surface area contributed by atoms with Crippen LogP contribution < -0.4 is 16.4 Å². The number of aromatic nitrogens is 2. The van der Waals surface area contributed by atoms with Crippen LogP contribution in [0.4, 0.5) is 5.82 Å². The summed E-state index contributed by atoms with van der Waals surface area (Å²) in [6.45, 7) is 4.14. The van der Waals surface area contributed by atoms with Crippen LogP contribution in [0.3, 0.4) is 0 Å². The maximum absolute atomic E-state index is 11.7. The van der Waals surface area contributed by atoms with Crippen molar-refractivity contribution in [3.05, 3.63) is 17.8 Å². The van der Waals surface area contributed by atoms with Crippen LogP contribution in [-0.4, -0.2) is 34.6 Å². The molecule has 1 aromatic rings. The van der Waals surface area contributed by atoms with Gasteiger partial charge in [-0.1, -0.05) is 6.92 Å². The number of nitrogens with zero attached hydrogens (tertiary/aromatic N) is 2. The number of rotatable bonds is 5. The summed E-state index contributed by atoms with van der Waals surface area (Å²) in [6, 6.07) is 2.31. The Balaban J connectivity index is 2.53. The van der Waals surface area contributed by atoms with Gasteiger partial charge in [0.15, 0.2) is 5.69 Å². The predicted molar refractivity (Wildman–Crippen MR) is 66.7 cm³/mol. The van der Waals surface area contributed by atoms with Crippen LogP contribution in [-0.2, 0) is 4.79 Å². The molecule has 0 aliphatic carbocycles. The summed E-state index contributed by atoms with van der Waals surface area (Å²) in [5.41, 5.74) is 5.49. The number of hydrogen-bond acceptors (Lipinski definition) is 5. The Morgan fingerprint density at radius 2 is 2.11 bits per heavy atom. The summed E-state index contributed by atoms with van der Waals surface area (Å²) in [4.78, 5) is 23.3. The number of carbonyl (C=O) groups excluding carboxylic acids is 2. The van der Waals surface area contributed by atoms with Crippen LogP contribution in [0.2, 0.25) is 0 Å². The van der Waals surface area contributed by atoms with E-state index in [9.17, 15) is 9.59 Å². The van der Waals surface area contributed by atoms with Crippen molar-refractivity contribution in [2.24, 2.45) is 0 Å². The standard InChI is InChI=1S/C11H17N5O2/c1-3-6-13-10(17)7(2)14-11(18)8-4-5-9(12)16-15-8/h4-5,7H,3,6H2,1-2H3,(H2,12,16)(H,13,17)(H,14,18). The summed E-state index contributed by atoms with van der Waals surface area (Å²) in [7, 11) is 0. The molecule has 0 aliphatic heterocycles. The van der Waals surface area contributed by atoms with Crippen LogP contribution in [0, 0.1) is 0 Å². The van der Waals surface area contributed by atoms with Gasteiger partial charge in [0.05, 0.1) is 0 Å². The van der Waals surface area contributed by atoms with Gasteiger partial charge in [-0.3, -0.25) is 9.59 Å². The van der Waals surface area contributed by atoms with Gasteiger partial charge in [-0.15, -0.1) is 10.2 Å². The third-order valence-electron chi connectivity index (χ3n) is 2.21. The maximum Gasteiger partial charge on any atom is 0.272 e. The number of nitrogen functional groups attached to an aromatic ring is 1. The number of hydrogen-bond donors (Lipinski definition) is 3. The molecule has 0 saturated carbocycles. The molecule has 1 aromatic heterocycles. The highest BCUT2D eigenvalue weighted by Gasteiger charge is 2.16. The minimum absolute atomic E-state index is 0.124. The molecule has 0 fully saturated rings. The van der Waals surface area contributed by atoms with E-state index in [2.05, 4.69) is 20.8 Å². The molecule has 0 aliphatic rings. The first-order valence-corrected chi connectivity index (χ1v) is 5.72. The van der Waals surface area contributed by atoms with Crippen molar-refractivity contribution < 1.29 is 9.59 Å². The maximum atomic E-state index is 11.7. The molecule has 7 heteroatoms. The number of nitrogens with two attached hydrogens (primary N) is 1. The topological polar surface area (TPSA) is 110 Å². The lowest BCUT2D eigenvalue weighted by molar-refractivity contribution is -0.122. The second-order valence-corrected chi connectivity index (χ2v) is 3.83. The highest BCUT2D eigenvalue weighted by Crippen LogP contribution is 1.97. The molecule has 4 N–H and O–H groups in total. The van der Waals surface area contributed by atoms with Gasteiger partial charge >= 0.3 is 0 Å². The van der Waals surface area contributed by atoms with Crippen molar-refractivity contribution in [1.29, 1.82) is 0 Å². The Labute approximate surface area is 105 Å². The largest absolute Gasteiger partial charge is 0.382 e. The lowest BCUT2D eigenvalue weighted by Gasteiger charge is -2.13. The van der Waals surface area contributed by atoms with Gasteiger partial charge in [-0.25, -0.2) is 0 Å². The van der Waals surface area contributed by atoms with Crippen LogP contribution in [0.1, 0.15) is 30.8 Å². The Kier molecular flexibility index (Phi) is 5.04. The van der Waals surface area contributed by atoms with Crippen molar-refractivity contribution in [3.8, 4) is 0 Å². The molecular weight excluding hydrogens is 234 g/mol. The fourth-order valence-electron chi connectivity index (χ4n) is 1.20. The second kappa shape index (κ2) is 6.53. The lowest BCUT2D eigenvalue weighted by atomic mass is 10.2. The molecule has 0 spiro atoms. The fraction of sp³-hybridized carbons (Fsp3) is 0.455. The average Bonchev–Trinajstić information content (AvgIpc) is 2.36. The molecule has 0 radical (unpaired) electrons. The Morgan fingerprint density at radius 3 is 2.67 bits per heavy atom. The second-order valence-electron chi connectivity index (χ2n) is 3.83. The molecule has 1 heterocycles. The van der Waals surface area contributed by atoms with Gasteiger partial charge in [-0.05, 0) is 25.5 Å². The SMILES string of the molecule is CCCNC(=O)C(C)NC(=O)c1ccc(N)nn1. The third-order valence-corrected chi connectivity index (χ3v) is 2.21. The predicted octanol–water partition coefficient (Wildman–Crippen LogP) is -0.297. The van der Waals surface area contributed by atoms with Crippen LogP contribution in [0.5, 0.6) is 0 Å². The van der Waals surface area contributed by atoms with E-state index < -0.39 is 11.9 Å². The third kappa shape index (κ3) is 4.00. The summed E-state index contributed by atoms with van der Waals surface area (Å²) in [5, 5.41) is 12.4. The molecule has 0 bridgehead atoms. The molecule has 2 amide bonds. The molecule has 98 valence electrons. The Bertz CT molecular complexity index is 418. The quantitative estimate of drug-likeness (QED) is 0.665. The number of anilines is 1. The lowest BCUT2D eigenvalue weighted by Crippen LogP contribution is -2.45. The molecule has 1 unspecified atom stereocenters. The van der Waals surface area contributed by atoms with E-state index >= 15 is 0 Å². The van der Waals surface area contributed by atoms with E-state index in [0.29, 0.717) is 6.54 Å². The minimum atomic E-state index is -0.622. The Hall–Kier alpha value is -2.18. The number of amides is 2. The summed E-state index contributed by atoms with van der Waals surface area (Å²) >= 11 is 0. The van der Waals surface area contributed by atoms with E-state index in [1.165, 1.54) is 12.1 Å². The van der Waals surface area contributed by atoms with Crippen LogP contribution >= 0.6 is 0 Å². The zero-order valence-electron chi connectivity index (χ0n) is 10.4. The molecule has 1 rings (SSSR count). The minimum Gasteiger partial charge on any atom is -0.382 e. The van der Waals surface area contributed by atoms with Gasteiger partial charge in [0.2, 0.25) is 5.91 Å². The summed E-state index contributed by atoms with van der Waals surface area (Å²) in [5.74, 6) is -0.449. The first kappa shape index (κ1) is 13.9. The molecule has 0 aromatic carbocycles. The monoisotopic (exact) mass is 251 g/mol. The molecule has 7 nitrogen and oxygen atoms in total. The normalized spacial score (nSPS) is 11.7. The summed E-state index contributed by atoms with van der Waals surface area (Å²) in [6.07, 6.45) is 0.843.